The number of methoxy groups -OCH3 is 2. The second-order valence-electron chi connectivity index (χ2n) is 4.50. The number of carbonyl (C=O) groups is 1. The number of benzene rings is 1. The molecule has 10 heteroatoms. The number of nitrogens with one attached hydrogen (secondary N) is 2. The van der Waals surface area contributed by atoms with Gasteiger partial charge in [0.15, 0.2) is 11.5 Å². The van der Waals surface area contributed by atoms with E-state index >= 15 is 0 Å². The molecule has 130 valence electrons. The smallest absolute Gasteiger partial charge is 0.250 e. The lowest BCUT2D eigenvalue weighted by atomic mass is 10.2. The summed E-state index contributed by atoms with van der Waals surface area (Å²) >= 11 is 6.63. The Bertz CT molecular complexity index is 835. The fraction of sp³-hybridized carbons (Fsp3) is 0.214. The van der Waals surface area contributed by atoms with Crippen LogP contribution >= 0.6 is 22.9 Å². The Labute approximate surface area is 148 Å². The largest absolute Gasteiger partial charge is 0.493 e. The fourth-order valence-corrected chi connectivity index (χ4v) is 4.30. The van der Waals surface area contributed by atoms with Crippen LogP contribution in [0.3, 0.4) is 0 Å². The van der Waals surface area contributed by atoms with Gasteiger partial charge in [0.25, 0.3) is 10.0 Å². The molecule has 0 radical (unpaired) electrons. The minimum absolute atomic E-state index is 0.0476. The predicted molar refractivity (Wildman–Crippen MR) is 92.7 cm³/mol. The van der Waals surface area contributed by atoms with Crippen molar-refractivity contribution in [2.75, 3.05) is 26.1 Å². The zero-order valence-corrected chi connectivity index (χ0v) is 15.2. The van der Waals surface area contributed by atoms with E-state index in [0.717, 1.165) is 11.3 Å². The first-order valence-corrected chi connectivity index (χ1v) is 9.30. The van der Waals surface area contributed by atoms with Gasteiger partial charge in [-0.05, 0) is 24.3 Å². The quantitative estimate of drug-likeness (QED) is 0.756. The number of thiophene rings is 1. The SMILES string of the molecule is COc1ccc(NC(=O)CNS(=O)(=O)c2ccc(Cl)s2)cc1OC. The number of sulfonamides is 1. The predicted octanol–water partition coefficient (Wildman–Crippen LogP) is 2.34. The van der Waals surface area contributed by atoms with Crippen molar-refractivity contribution >= 4 is 44.6 Å². The molecular weight excluding hydrogens is 376 g/mol. The molecule has 0 atom stereocenters. The molecule has 0 saturated carbocycles. The van der Waals surface area contributed by atoms with Crippen molar-refractivity contribution in [2.24, 2.45) is 0 Å². The third-order valence-electron chi connectivity index (χ3n) is 2.90. The lowest BCUT2D eigenvalue weighted by Crippen LogP contribution is -2.32. The maximum Gasteiger partial charge on any atom is 0.250 e. The number of anilines is 1. The Morgan fingerprint density at radius 3 is 2.46 bits per heavy atom. The van der Waals surface area contributed by atoms with Crippen LogP contribution in [0.15, 0.2) is 34.5 Å². The first-order valence-electron chi connectivity index (χ1n) is 6.62. The van der Waals surface area contributed by atoms with Crippen molar-refractivity contribution in [3.63, 3.8) is 0 Å². The molecule has 1 amide bonds. The lowest BCUT2D eigenvalue weighted by molar-refractivity contribution is -0.115. The summed E-state index contributed by atoms with van der Waals surface area (Å²) in [4.78, 5) is 11.9. The van der Waals surface area contributed by atoms with Crippen LogP contribution in [-0.2, 0) is 14.8 Å². The zero-order valence-electron chi connectivity index (χ0n) is 12.8. The highest BCUT2D eigenvalue weighted by Crippen LogP contribution is 2.29. The average molecular weight is 391 g/mol. The Morgan fingerprint density at radius 1 is 1.17 bits per heavy atom. The molecule has 24 heavy (non-hydrogen) atoms. The molecule has 2 rings (SSSR count). The summed E-state index contributed by atoms with van der Waals surface area (Å²) in [6, 6.07) is 7.68. The second-order valence-corrected chi connectivity index (χ2v) is 8.21. The van der Waals surface area contributed by atoms with Gasteiger partial charge in [-0.1, -0.05) is 11.6 Å². The highest BCUT2D eigenvalue weighted by Gasteiger charge is 2.18. The monoisotopic (exact) mass is 390 g/mol. The summed E-state index contributed by atoms with van der Waals surface area (Å²) in [6.45, 7) is -0.411. The summed E-state index contributed by atoms with van der Waals surface area (Å²) in [6.07, 6.45) is 0. The minimum atomic E-state index is -3.77. The summed E-state index contributed by atoms with van der Waals surface area (Å²) in [5, 5.41) is 2.57. The van der Waals surface area contributed by atoms with Gasteiger partial charge in [0.1, 0.15) is 4.21 Å². The number of hydrogen-bond donors (Lipinski definition) is 2. The highest BCUT2D eigenvalue weighted by molar-refractivity contribution is 7.91. The topological polar surface area (TPSA) is 93.7 Å². The van der Waals surface area contributed by atoms with E-state index in [0.29, 0.717) is 21.5 Å². The van der Waals surface area contributed by atoms with Gasteiger partial charge in [-0.3, -0.25) is 4.79 Å². The summed E-state index contributed by atoms with van der Waals surface area (Å²) < 4.78 is 36.9. The van der Waals surface area contributed by atoms with E-state index in [1.165, 1.54) is 26.4 Å². The van der Waals surface area contributed by atoms with Gasteiger partial charge in [-0.25, -0.2) is 13.1 Å². The third-order valence-corrected chi connectivity index (χ3v) is 6.03. The minimum Gasteiger partial charge on any atom is -0.493 e. The molecule has 0 saturated heterocycles. The highest BCUT2D eigenvalue weighted by atomic mass is 35.5. The third kappa shape index (κ3) is 4.60. The first-order chi connectivity index (χ1) is 11.4. The van der Waals surface area contributed by atoms with Gasteiger partial charge in [-0.2, -0.15) is 0 Å². The van der Waals surface area contributed by atoms with Gasteiger partial charge >= 0.3 is 0 Å². The molecule has 2 aromatic rings. The van der Waals surface area contributed by atoms with Crippen LogP contribution in [0.2, 0.25) is 4.34 Å². The lowest BCUT2D eigenvalue weighted by Gasteiger charge is -2.11. The van der Waals surface area contributed by atoms with Crippen LogP contribution < -0.4 is 19.5 Å². The van der Waals surface area contributed by atoms with E-state index in [-0.39, 0.29) is 4.21 Å². The van der Waals surface area contributed by atoms with Gasteiger partial charge in [0, 0.05) is 11.8 Å². The molecule has 0 bridgehead atoms. The molecule has 0 unspecified atom stereocenters. The molecule has 0 aliphatic rings. The van der Waals surface area contributed by atoms with Crippen molar-refractivity contribution in [3.8, 4) is 11.5 Å². The zero-order chi connectivity index (χ0) is 17.7. The standard InChI is InChI=1S/C14H15ClN2O5S2/c1-21-10-4-3-9(7-11(10)22-2)17-13(18)8-16-24(19,20)14-6-5-12(15)23-14/h3-7,16H,8H2,1-2H3,(H,17,18). The number of ether oxygens (including phenoxy) is 2. The number of hydrogen-bond acceptors (Lipinski definition) is 6. The van der Waals surface area contributed by atoms with E-state index in [4.69, 9.17) is 21.1 Å². The van der Waals surface area contributed by atoms with Crippen LogP contribution in [0.4, 0.5) is 5.69 Å². The molecule has 0 fully saturated rings. The number of rotatable bonds is 7. The molecular formula is C14H15ClN2O5S2. The molecule has 1 aromatic heterocycles. The first kappa shape index (κ1) is 18.5. The van der Waals surface area contributed by atoms with E-state index < -0.39 is 22.5 Å². The fourth-order valence-electron chi connectivity index (χ4n) is 1.79. The van der Waals surface area contributed by atoms with Gasteiger partial charge < -0.3 is 14.8 Å². The van der Waals surface area contributed by atoms with E-state index in [9.17, 15) is 13.2 Å². The maximum absolute atomic E-state index is 12.0. The van der Waals surface area contributed by atoms with Crippen LogP contribution in [0, 0.1) is 0 Å². The van der Waals surface area contributed by atoms with E-state index in [1.54, 1.807) is 18.2 Å². The van der Waals surface area contributed by atoms with Crippen molar-refractivity contribution in [1.82, 2.24) is 4.72 Å². The van der Waals surface area contributed by atoms with Crippen molar-refractivity contribution in [1.29, 1.82) is 0 Å². The van der Waals surface area contributed by atoms with Gasteiger partial charge in [0.05, 0.1) is 25.1 Å². The van der Waals surface area contributed by atoms with E-state index in [1.807, 2.05) is 0 Å². The molecule has 0 aliphatic heterocycles. The molecule has 0 spiro atoms. The van der Waals surface area contributed by atoms with Crippen LogP contribution in [-0.4, -0.2) is 35.1 Å². The Balaban J connectivity index is 1.98. The Hall–Kier alpha value is -1.81. The van der Waals surface area contributed by atoms with Crippen molar-refractivity contribution in [2.45, 2.75) is 4.21 Å². The van der Waals surface area contributed by atoms with Gasteiger partial charge in [0.2, 0.25) is 5.91 Å². The summed E-state index contributed by atoms with van der Waals surface area (Å²) in [7, 11) is -0.794. The van der Waals surface area contributed by atoms with E-state index in [2.05, 4.69) is 10.0 Å². The second kappa shape index (κ2) is 7.84. The van der Waals surface area contributed by atoms with Crippen LogP contribution in [0.1, 0.15) is 0 Å². The molecule has 2 N–H and O–H groups in total. The number of halogens is 1. The number of carbonyl (C=O) groups excluding carboxylic acids is 1. The number of amides is 1. The summed E-state index contributed by atoms with van der Waals surface area (Å²) in [5.41, 5.74) is 0.455. The van der Waals surface area contributed by atoms with Crippen LogP contribution in [0.25, 0.3) is 0 Å². The molecule has 1 aromatic carbocycles. The molecule has 1 heterocycles. The van der Waals surface area contributed by atoms with Crippen molar-refractivity contribution < 1.29 is 22.7 Å². The van der Waals surface area contributed by atoms with Crippen LogP contribution in [0.5, 0.6) is 11.5 Å². The molecule has 0 aliphatic carbocycles. The average Bonchev–Trinajstić information content (AvgIpc) is 3.00. The Kier molecular flexibility index (Phi) is 6.05. The van der Waals surface area contributed by atoms with Crippen molar-refractivity contribution in [3.05, 3.63) is 34.7 Å². The summed E-state index contributed by atoms with van der Waals surface area (Å²) in [5.74, 6) is 0.448. The maximum atomic E-state index is 12.0. The normalized spacial score (nSPS) is 11.1. The van der Waals surface area contributed by atoms with Gasteiger partial charge in [-0.15, -0.1) is 11.3 Å². The molecule has 7 nitrogen and oxygen atoms in total. The Morgan fingerprint density at radius 2 is 1.88 bits per heavy atom.